The summed E-state index contributed by atoms with van der Waals surface area (Å²) < 4.78 is 0. The average Bonchev–Trinajstić information content (AvgIpc) is 3.03. The molecule has 2 fully saturated rings. The monoisotopic (exact) mass is 234 g/mol. The molecule has 2 N–H and O–H groups in total. The Balaban J connectivity index is 1.81. The Morgan fingerprint density at radius 1 is 1.59 bits per heavy atom. The maximum Gasteiger partial charge on any atom is 0.257 e. The van der Waals surface area contributed by atoms with E-state index in [9.17, 15) is 4.79 Å². The molecule has 1 aromatic heterocycles. The van der Waals surface area contributed by atoms with Crippen molar-refractivity contribution in [3.63, 3.8) is 0 Å². The molecule has 3 heterocycles. The number of aromatic nitrogens is 2. The zero-order valence-corrected chi connectivity index (χ0v) is 10.0. The highest BCUT2D eigenvalue weighted by Gasteiger charge is 2.45. The third kappa shape index (κ3) is 1.65. The number of carbonyl (C=O) groups is 1. The van der Waals surface area contributed by atoms with E-state index >= 15 is 0 Å². The van der Waals surface area contributed by atoms with E-state index in [2.05, 4.69) is 22.4 Å². The minimum atomic E-state index is 0.125. The molecule has 92 valence electrons. The van der Waals surface area contributed by atoms with Gasteiger partial charge in [-0.15, -0.1) is 0 Å². The molecule has 2 aliphatic rings. The van der Waals surface area contributed by atoms with Gasteiger partial charge in [-0.3, -0.25) is 9.89 Å². The zero-order chi connectivity index (χ0) is 11.8. The van der Waals surface area contributed by atoms with Crippen LogP contribution in [0, 0.1) is 11.8 Å². The number of hydrogen-bond acceptors (Lipinski definition) is 3. The van der Waals surface area contributed by atoms with E-state index in [0.717, 1.165) is 26.1 Å². The summed E-state index contributed by atoms with van der Waals surface area (Å²) in [7, 11) is 0. The first-order valence-corrected chi connectivity index (χ1v) is 6.31. The van der Waals surface area contributed by atoms with Crippen molar-refractivity contribution >= 4 is 5.91 Å². The van der Waals surface area contributed by atoms with Gasteiger partial charge in [0.15, 0.2) is 0 Å². The molecule has 3 atom stereocenters. The summed E-state index contributed by atoms with van der Waals surface area (Å²) in [4.78, 5) is 14.4. The average molecular weight is 234 g/mol. The molecule has 17 heavy (non-hydrogen) atoms. The minimum Gasteiger partial charge on any atom is -0.335 e. The Kier molecular flexibility index (Phi) is 2.63. The van der Waals surface area contributed by atoms with Crippen molar-refractivity contribution in [2.75, 3.05) is 19.6 Å². The number of hydrogen-bond donors (Lipinski definition) is 2. The standard InChI is InChI=1S/C12H18N4O/c1-2-11-10-6-13-3-9(10)7-16(11)12(17)8-4-14-15-5-8/h4-5,9-11,13H,2-3,6-7H2,1H3,(H,14,15). The maximum atomic E-state index is 12.4. The van der Waals surface area contributed by atoms with Crippen LogP contribution in [0.1, 0.15) is 23.7 Å². The van der Waals surface area contributed by atoms with Crippen LogP contribution in [0.5, 0.6) is 0 Å². The fourth-order valence-electron chi connectivity index (χ4n) is 3.31. The van der Waals surface area contributed by atoms with E-state index < -0.39 is 0 Å². The molecule has 3 rings (SSSR count). The molecule has 3 unspecified atom stereocenters. The quantitative estimate of drug-likeness (QED) is 0.782. The van der Waals surface area contributed by atoms with E-state index in [4.69, 9.17) is 0 Å². The lowest BCUT2D eigenvalue weighted by Gasteiger charge is -2.26. The van der Waals surface area contributed by atoms with Crippen molar-refractivity contribution in [2.45, 2.75) is 19.4 Å². The van der Waals surface area contributed by atoms with Gasteiger partial charge in [0.1, 0.15) is 0 Å². The SMILES string of the molecule is CCC1C2CNCC2CN1C(=O)c1cn[nH]c1. The molecule has 5 heteroatoms. The second kappa shape index (κ2) is 4.14. The van der Waals surface area contributed by atoms with Gasteiger partial charge in [0.2, 0.25) is 0 Å². The molecule has 0 saturated carbocycles. The van der Waals surface area contributed by atoms with Crippen LogP contribution in [0.25, 0.3) is 0 Å². The first-order valence-electron chi connectivity index (χ1n) is 6.31. The number of amides is 1. The highest BCUT2D eigenvalue weighted by atomic mass is 16.2. The Morgan fingerprint density at radius 3 is 3.18 bits per heavy atom. The number of aromatic amines is 1. The van der Waals surface area contributed by atoms with Crippen LogP contribution < -0.4 is 5.32 Å². The lowest BCUT2D eigenvalue weighted by atomic mass is 9.93. The van der Waals surface area contributed by atoms with Crippen molar-refractivity contribution in [3.8, 4) is 0 Å². The number of fused-ring (bicyclic) bond motifs is 1. The lowest BCUT2D eigenvalue weighted by molar-refractivity contribution is 0.0711. The molecule has 2 aliphatic heterocycles. The van der Waals surface area contributed by atoms with Gasteiger partial charge in [-0.05, 0) is 18.3 Å². The summed E-state index contributed by atoms with van der Waals surface area (Å²) in [6.07, 6.45) is 4.33. The smallest absolute Gasteiger partial charge is 0.257 e. The number of nitrogens with one attached hydrogen (secondary N) is 2. The van der Waals surface area contributed by atoms with Gasteiger partial charge >= 0.3 is 0 Å². The van der Waals surface area contributed by atoms with Crippen LogP contribution in [0.3, 0.4) is 0 Å². The van der Waals surface area contributed by atoms with Gasteiger partial charge in [0, 0.05) is 31.9 Å². The molecular weight excluding hydrogens is 216 g/mol. The van der Waals surface area contributed by atoms with Crippen molar-refractivity contribution < 1.29 is 4.79 Å². The van der Waals surface area contributed by atoms with Gasteiger partial charge in [0.05, 0.1) is 11.8 Å². The van der Waals surface area contributed by atoms with E-state index in [1.807, 2.05) is 4.90 Å². The molecule has 1 amide bonds. The Labute approximate surface area is 101 Å². The molecule has 0 aromatic carbocycles. The molecule has 2 saturated heterocycles. The van der Waals surface area contributed by atoms with Crippen LogP contribution >= 0.6 is 0 Å². The predicted molar refractivity (Wildman–Crippen MR) is 63.6 cm³/mol. The number of carbonyl (C=O) groups excluding carboxylic acids is 1. The highest BCUT2D eigenvalue weighted by Crippen LogP contribution is 2.34. The molecule has 1 aromatic rings. The third-order valence-electron chi connectivity index (χ3n) is 4.14. The number of H-pyrrole nitrogens is 1. The zero-order valence-electron chi connectivity index (χ0n) is 10.0. The predicted octanol–water partition coefficient (Wildman–Crippen LogP) is 0.480. The first kappa shape index (κ1) is 10.8. The first-order chi connectivity index (χ1) is 8.31. The fourth-order valence-corrected chi connectivity index (χ4v) is 3.31. The second-order valence-corrected chi connectivity index (χ2v) is 5.00. The van der Waals surface area contributed by atoms with Crippen molar-refractivity contribution in [1.82, 2.24) is 20.4 Å². The lowest BCUT2D eigenvalue weighted by Crippen LogP contribution is -2.39. The fraction of sp³-hybridized carbons (Fsp3) is 0.667. The molecule has 5 nitrogen and oxygen atoms in total. The summed E-state index contributed by atoms with van der Waals surface area (Å²) in [5, 5.41) is 9.99. The topological polar surface area (TPSA) is 61.0 Å². The largest absolute Gasteiger partial charge is 0.335 e. The van der Waals surface area contributed by atoms with E-state index in [0.29, 0.717) is 23.4 Å². The summed E-state index contributed by atoms with van der Waals surface area (Å²) in [5.74, 6) is 1.40. The van der Waals surface area contributed by atoms with E-state index in [1.165, 1.54) is 0 Å². The van der Waals surface area contributed by atoms with Crippen molar-refractivity contribution in [1.29, 1.82) is 0 Å². The number of nitrogens with zero attached hydrogens (tertiary/aromatic N) is 2. The normalized spacial score (nSPS) is 31.8. The van der Waals surface area contributed by atoms with E-state index in [1.54, 1.807) is 12.4 Å². The summed E-state index contributed by atoms with van der Waals surface area (Å²) in [5.41, 5.74) is 0.677. The van der Waals surface area contributed by atoms with Crippen LogP contribution in [0.4, 0.5) is 0 Å². The second-order valence-electron chi connectivity index (χ2n) is 5.00. The molecule has 0 aliphatic carbocycles. The number of likely N-dealkylation sites (tertiary alicyclic amines) is 1. The van der Waals surface area contributed by atoms with E-state index in [-0.39, 0.29) is 5.91 Å². The van der Waals surface area contributed by atoms with Gasteiger partial charge in [-0.25, -0.2) is 0 Å². The Morgan fingerprint density at radius 2 is 2.47 bits per heavy atom. The van der Waals surface area contributed by atoms with Crippen LogP contribution in [0.2, 0.25) is 0 Å². The van der Waals surface area contributed by atoms with Crippen LogP contribution in [-0.2, 0) is 0 Å². The van der Waals surface area contributed by atoms with Crippen LogP contribution in [-0.4, -0.2) is 46.7 Å². The molecule has 0 bridgehead atoms. The summed E-state index contributed by atoms with van der Waals surface area (Å²) in [6, 6.07) is 0.386. The van der Waals surface area contributed by atoms with Crippen molar-refractivity contribution in [2.24, 2.45) is 11.8 Å². The third-order valence-corrected chi connectivity index (χ3v) is 4.14. The summed E-state index contributed by atoms with van der Waals surface area (Å²) in [6.45, 7) is 5.16. The highest BCUT2D eigenvalue weighted by molar-refractivity contribution is 5.94. The van der Waals surface area contributed by atoms with Gasteiger partial charge in [-0.1, -0.05) is 6.92 Å². The van der Waals surface area contributed by atoms with Gasteiger partial charge < -0.3 is 10.2 Å². The minimum absolute atomic E-state index is 0.125. The van der Waals surface area contributed by atoms with Gasteiger partial charge in [0.25, 0.3) is 5.91 Å². The maximum absolute atomic E-state index is 12.4. The molecular formula is C12H18N4O. The molecule has 0 radical (unpaired) electrons. The summed E-state index contributed by atoms with van der Waals surface area (Å²) >= 11 is 0. The van der Waals surface area contributed by atoms with Crippen molar-refractivity contribution in [3.05, 3.63) is 18.0 Å². The van der Waals surface area contributed by atoms with Crippen LogP contribution in [0.15, 0.2) is 12.4 Å². The molecule has 0 spiro atoms. The van der Waals surface area contributed by atoms with Gasteiger partial charge in [-0.2, -0.15) is 5.10 Å². The number of rotatable bonds is 2. The Hall–Kier alpha value is -1.36. The Bertz CT molecular complexity index is 403.